The molecule has 0 fully saturated rings. The fourth-order valence-corrected chi connectivity index (χ4v) is 3.37. The monoisotopic (exact) mass is 493 g/mol. The van der Waals surface area contributed by atoms with Crippen molar-refractivity contribution < 1.29 is 23.9 Å². The van der Waals surface area contributed by atoms with Gasteiger partial charge in [-0.3, -0.25) is 9.59 Å². The summed E-state index contributed by atoms with van der Waals surface area (Å²) in [6.07, 6.45) is 0.963. The third-order valence-electron chi connectivity index (χ3n) is 5.27. The van der Waals surface area contributed by atoms with E-state index >= 15 is 0 Å². The van der Waals surface area contributed by atoms with Gasteiger partial charge in [-0.1, -0.05) is 35.9 Å². The van der Waals surface area contributed by atoms with Crippen LogP contribution < -0.4 is 14.8 Å². The second kappa shape index (κ2) is 11.7. The molecule has 6 nitrogen and oxygen atoms in total. The lowest BCUT2D eigenvalue weighted by molar-refractivity contribution is -0.149. The normalized spacial score (nSPS) is 11.0. The summed E-state index contributed by atoms with van der Waals surface area (Å²) >= 11 is 5.87. The number of Topliss-reactive ketones (excluding diaryl/α,β-unsaturated/α-hetero) is 1. The van der Waals surface area contributed by atoms with Crippen molar-refractivity contribution in [1.82, 2.24) is 5.32 Å². The number of amides is 1. The molecule has 0 radical (unpaired) electrons. The first kappa shape index (κ1) is 26.0. The van der Waals surface area contributed by atoms with Crippen LogP contribution in [0.25, 0.3) is 0 Å². The summed E-state index contributed by atoms with van der Waals surface area (Å²) in [4.78, 5) is 36.1. The van der Waals surface area contributed by atoms with Crippen LogP contribution in [0.4, 0.5) is 0 Å². The zero-order valence-corrected chi connectivity index (χ0v) is 20.7. The van der Waals surface area contributed by atoms with Crippen molar-refractivity contribution >= 4 is 29.3 Å². The molecule has 0 aliphatic rings. The van der Waals surface area contributed by atoms with E-state index in [0.717, 1.165) is 11.1 Å². The lowest BCUT2D eigenvalue weighted by Crippen LogP contribution is -2.41. The SMILES string of the molecule is CC(=O)c1ccc(OC(=O)C(C)(C)Oc2ccc(CCNC(=O)Cc3ccc(Cl)cc3)cc2)cc1. The second-order valence-corrected chi connectivity index (χ2v) is 9.07. The van der Waals surface area contributed by atoms with Gasteiger partial charge in [-0.05, 0) is 86.8 Å². The van der Waals surface area contributed by atoms with Crippen LogP contribution in [0, 0.1) is 0 Å². The number of hydrogen-bond acceptors (Lipinski definition) is 5. The Hall–Kier alpha value is -3.64. The van der Waals surface area contributed by atoms with Gasteiger partial charge in [0.1, 0.15) is 11.5 Å². The first-order valence-corrected chi connectivity index (χ1v) is 11.6. The maximum atomic E-state index is 12.6. The predicted octanol–water partition coefficient (Wildman–Crippen LogP) is 5.21. The first-order valence-electron chi connectivity index (χ1n) is 11.2. The van der Waals surface area contributed by atoms with Crippen molar-refractivity contribution in [2.24, 2.45) is 0 Å². The highest BCUT2D eigenvalue weighted by Crippen LogP contribution is 2.22. The van der Waals surface area contributed by atoms with Gasteiger partial charge in [0.25, 0.3) is 0 Å². The van der Waals surface area contributed by atoms with Crippen LogP contribution in [0.15, 0.2) is 72.8 Å². The molecule has 0 saturated heterocycles. The summed E-state index contributed by atoms with van der Waals surface area (Å²) in [5, 5.41) is 3.55. The van der Waals surface area contributed by atoms with Gasteiger partial charge in [0.2, 0.25) is 11.5 Å². The summed E-state index contributed by atoms with van der Waals surface area (Å²) in [5.74, 6) is 0.193. The molecule has 0 spiro atoms. The number of nitrogens with one attached hydrogen (secondary N) is 1. The third kappa shape index (κ3) is 7.97. The minimum atomic E-state index is -1.23. The molecule has 0 atom stereocenters. The number of benzene rings is 3. The zero-order chi connectivity index (χ0) is 25.4. The van der Waals surface area contributed by atoms with Gasteiger partial charge in [0.15, 0.2) is 5.78 Å². The van der Waals surface area contributed by atoms with Gasteiger partial charge in [-0.15, -0.1) is 0 Å². The van der Waals surface area contributed by atoms with Gasteiger partial charge < -0.3 is 14.8 Å². The third-order valence-corrected chi connectivity index (χ3v) is 5.53. The molecule has 35 heavy (non-hydrogen) atoms. The molecule has 0 saturated carbocycles. The highest BCUT2D eigenvalue weighted by atomic mass is 35.5. The molecule has 0 aliphatic carbocycles. The highest BCUT2D eigenvalue weighted by molar-refractivity contribution is 6.30. The van der Waals surface area contributed by atoms with Crippen LogP contribution >= 0.6 is 11.6 Å². The standard InChI is InChI=1S/C28H28ClNO5/c1-19(31)22-8-14-24(15-9-22)34-27(33)28(2,3)35-25-12-6-20(7-13-25)16-17-30-26(32)18-21-4-10-23(29)11-5-21/h4-15H,16-18H2,1-3H3,(H,30,32). The molecule has 3 rings (SSSR count). The van der Waals surface area contributed by atoms with Crippen LogP contribution in [0.5, 0.6) is 11.5 Å². The van der Waals surface area contributed by atoms with E-state index in [9.17, 15) is 14.4 Å². The quantitative estimate of drug-likeness (QED) is 0.238. The molecule has 0 bridgehead atoms. The number of rotatable bonds is 10. The molecule has 3 aromatic rings. The van der Waals surface area contributed by atoms with E-state index in [2.05, 4.69) is 5.32 Å². The van der Waals surface area contributed by atoms with Crippen molar-refractivity contribution in [3.8, 4) is 11.5 Å². The first-order chi connectivity index (χ1) is 16.6. The Kier molecular flexibility index (Phi) is 8.66. The predicted molar refractivity (Wildman–Crippen MR) is 135 cm³/mol. The van der Waals surface area contributed by atoms with Crippen LogP contribution in [0.1, 0.15) is 42.3 Å². The minimum absolute atomic E-state index is 0.0523. The van der Waals surface area contributed by atoms with E-state index in [1.165, 1.54) is 6.92 Å². The van der Waals surface area contributed by atoms with E-state index in [1.807, 2.05) is 24.3 Å². The van der Waals surface area contributed by atoms with Crippen LogP contribution in [-0.2, 0) is 22.4 Å². The number of carbonyl (C=O) groups excluding carboxylic acids is 3. The number of ether oxygens (including phenoxy) is 2. The molecule has 182 valence electrons. The average Bonchev–Trinajstić information content (AvgIpc) is 2.82. The number of ketones is 1. The van der Waals surface area contributed by atoms with Gasteiger partial charge >= 0.3 is 5.97 Å². The van der Waals surface area contributed by atoms with Gasteiger partial charge in [-0.25, -0.2) is 4.79 Å². The molecular formula is C28H28ClNO5. The Morgan fingerprint density at radius 3 is 2.00 bits per heavy atom. The molecular weight excluding hydrogens is 466 g/mol. The number of carbonyl (C=O) groups is 3. The van der Waals surface area contributed by atoms with Crippen LogP contribution in [0.3, 0.4) is 0 Å². The topological polar surface area (TPSA) is 81.7 Å². The zero-order valence-electron chi connectivity index (χ0n) is 20.0. The van der Waals surface area contributed by atoms with E-state index < -0.39 is 11.6 Å². The van der Waals surface area contributed by atoms with Crippen LogP contribution in [-0.4, -0.2) is 29.8 Å². The summed E-state index contributed by atoms with van der Waals surface area (Å²) in [6.45, 7) is 5.24. The molecule has 0 aliphatic heterocycles. The van der Waals surface area contributed by atoms with E-state index in [1.54, 1.807) is 62.4 Å². The molecule has 1 N–H and O–H groups in total. The van der Waals surface area contributed by atoms with Crippen LogP contribution in [0.2, 0.25) is 5.02 Å². The molecule has 0 unspecified atom stereocenters. The second-order valence-electron chi connectivity index (χ2n) is 8.63. The highest BCUT2D eigenvalue weighted by Gasteiger charge is 2.32. The summed E-state index contributed by atoms with van der Waals surface area (Å²) < 4.78 is 11.3. The molecule has 0 heterocycles. The molecule has 1 amide bonds. The lowest BCUT2D eigenvalue weighted by Gasteiger charge is -2.24. The Morgan fingerprint density at radius 1 is 0.829 bits per heavy atom. The van der Waals surface area contributed by atoms with E-state index in [0.29, 0.717) is 41.5 Å². The summed E-state index contributed by atoms with van der Waals surface area (Å²) in [6, 6.07) is 20.9. The van der Waals surface area contributed by atoms with Crippen molar-refractivity contribution in [3.63, 3.8) is 0 Å². The average molecular weight is 494 g/mol. The van der Waals surface area contributed by atoms with Crippen molar-refractivity contribution in [1.29, 1.82) is 0 Å². The number of hydrogen-bond donors (Lipinski definition) is 1. The van der Waals surface area contributed by atoms with Gasteiger partial charge in [-0.2, -0.15) is 0 Å². The molecule has 3 aromatic carbocycles. The number of halogens is 1. The van der Waals surface area contributed by atoms with Gasteiger partial charge in [0, 0.05) is 17.1 Å². The van der Waals surface area contributed by atoms with Gasteiger partial charge in [0.05, 0.1) is 6.42 Å². The fraction of sp³-hybridized carbons (Fsp3) is 0.250. The van der Waals surface area contributed by atoms with Crippen molar-refractivity contribution in [2.45, 2.75) is 39.2 Å². The van der Waals surface area contributed by atoms with Crippen molar-refractivity contribution in [3.05, 3.63) is 94.5 Å². The Morgan fingerprint density at radius 2 is 1.40 bits per heavy atom. The minimum Gasteiger partial charge on any atom is -0.476 e. The maximum absolute atomic E-state index is 12.6. The fourth-order valence-electron chi connectivity index (χ4n) is 3.24. The summed E-state index contributed by atoms with van der Waals surface area (Å²) in [7, 11) is 0. The number of esters is 1. The largest absolute Gasteiger partial charge is 0.476 e. The maximum Gasteiger partial charge on any atom is 0.355 e. The molecule has 0 aromatic heterocycles. The van der Waals surface area contributed by atoms with E-state index in [4.69, 9.17) is 21.1 Å². The Bertz CT molecular complexity index is 1170. The van der Waals surface area contributed by atoms with Crippen molar-refractivity contribution in [2.75, 3.05) is 6.54 Å². The molecule has 7 heteroatoms. The Labute approximate surface area is 210 Å². The smallest absolute Gasteiger partial charge is 0.355 e. The summed E-state index contributed by atoms with van der Waals surface area (Å²) in [5.41, 5.74) is 1.25. The Balaban J connectivity index is 1.46. The lowest BCUT2D eigenvalue weighted by atomic mass is 10.1. The van der Waals surface area contributed by atoms with E-state index in [-0.39, 0.29) is 11.7 Å².